The smallest absolute Gasteiger partial charge is 0.254 e. The van der Waals surface area contributed by atoms with Crippen molar-refractivity contribution in [1.82, 2.24) is 0 Å². The number of primary amides is 1. The first-order valence-corrected chi connectivity index (χ1v) is 7.89. The van der Waals surface area contributed by atoms with Gasteiger partial charge < -0.3 is 11.1 Å². The molecule has 0 spiro atoms. The Bertz CT molecular complexity index is 861. The van der Waals surface area contributed by atoms with Crippen LogP contribution in [0.15, 0.2) is 47.6 Å². The second-order valence-corrected chi connectivity index (χ2v) is 6.07. The molecule has 2 unspecified atom stereocenters. The maximum absolute atomic E-state index is 12.3. The fourth-order valence-electron chi connectivity index (χ4n) is 2.52. The lowest BCUT2D eigenvalue weighted by molar-refractivity contribution is -0.710. The molecule has 7 heteroatoms. The molecule has 6 nitrogen and oxygen atoms in total. The molecule has 2 aromatic rings. The van der Waals surface area contributed by atoms with Crippen LogP contribution in [0.4, 0.5) is 0 Å². The highest BCUT2D eigenvalue weighted by molar-refractivity contribution is 7.10. The molecule has 0 radical (unpaired) electrons. The van der Waals surface area contributed by atoms with Crippen molar-refractivity contribution < 1.29 is 14.2 Å². The van der Waals surface area contributed by atoms with Crippen molar-refractivity contribution in [2.75, 3.05) is 0 Å². The minimum absolute atomic E-state index is 0.0605. The summed E-state index contributed by atoms with van der Waals surface area (Å²) in [5, 5.41) is 20.4. The normalized spacial score (nSPS) is 12.5. The SMILES string of the molecule is CC(=O)C(C(C(=C=[N-])C#N)c1cccs1)[n+]1cccc(C(N)=O)c1. The van der Waals surface area contributed by atoms with Crippen LogP contribution >= 0.6 is 11.3 Å². The number of carbonyl (C=O) groups excluding carboxylic acids is 2. The van der Waals surface area contributed by atoms with Gasteiger partial charge in [0.2, 0.25) is 6.04 Å². The van der Waals surface area contributed by atoms with Crippen molar-refractivity contribution >= 4 is 28.9 Å². The van der Waals surface area contributed by atoms with Gasteiger partial charge >= 0.3 is 0 Å². The monoisotopic (exact) mass is 338 g/mol. The molecule has 1 amide bonds. The number of ketones is 1. The molecule has 0 aliphatic heterocycles. The maximum Gasteiger partial charge on any atom is 0.254 e. The van der Waals surface area contributed by atoms with Crippen LogP contribution in [-0.2, 0) is 4.79 Å². The van der Waals surface area contributed by atoms with E-state index >= 15 is 0 Å². The van der Waals surface area contributed by atoms with Crippen LogP contribution < -0.4 is 10.3 Å². The van der Waals surface area contributed by atoms with Gasteiger partial charge in [-0.15, -0.1) is 11.3 Å². The molecule has 2 atom stereocenters. The zero-order chi connectivity index (χ0) is 17.7. The highest BCUT2D eigenvalue weighted by atomic mass is 32.1. The molecular weight excluding hydrogens is 324 g/mol. The van der Waals surface area contributed by atoms with Crippen molar-refractivity contribution in [2.24, 2.45) is 5.73 Å². The van der Waals surface area contributed by atoms with E-state index in [-0.39, 0.29) is 16.9 Å². The molecule has 0 aliphatic carbocycles. The van der Waals surface area contributed by atoms with Crippen molar-refractivity contribution in [2.45, 2.75) is 18.9 Å². The van der Waals surface area contributed by atoms with Gasteiger partial charge in [0.25, 0.3) is 5.91 Å². The van der Waals surface area contributed by atoms with Crippen LogP contribution in [0.3, 0.4) is 0 Å². The Morgan fingerprint density at radius 3 is 2.62 bits per heavy atom. The summed E-state index contributed by atoms with van der Waals surface area (Å²) < 4.78 is 1.53. The molecule has 120 valence electrons. The van der Waals surface area contributed by atoms with Crippen molar-refractivity contribution in [3.63, 3.8) is 0 Å². The summed E-state index contributed by atoms with van der Waals surface area (Å²) in [6, 6.07) is 7.77. The predicted octanol–water partition coefficient (Wildman–Crippen LogP) is 1.74. The fourth-order valence-corrected chi connectivity index (χ4v) is 3.38. The molecule has 2 aromatic heterocycles. The minimum atomic E-state index is -0.822. The van der Waals surface area contributed by atoms with E-state index in [0.717, 1.165) is 4.88 Å². The summed E-state index contributed by atoms with van der Waals surface area (Å²) >= 11 is 1.36. The second-order valence-electron chi connectivity index (χ2n) is 5.09. The summed E-state index contributed by atoms with van der Waals surface area (Å²) in [7, 11) is 0. The van der Waals surface area contributed by atoms with Crippen molar-refractivity contribution in [3.8, 4) is 6.07 Å². The number of nitrogens with two attached hydrogens (primary N) is 1. The topological polar surface area (TPSA) is 110 Å². The van der Waals surface area contributed by atoms with E-state index in [9.17, 15) is 20.3 Å². The number of nitriles is 1. The van der Waals surface area contributed by atoms with Crippen LogP contribution in [0.1, 0.15) is 34.1 Å². The Morgan fingerprint density at radius 2 is 2.12 bits per heavy atom. The molecule has 0 bridgehead atoms. The quantitative estimate of drug-likeness (QED) is 0.492. The number of hydrogen-bond donors (Lipinski definition) is 1. The number of rotatable bonds is 6. The van der Waals surface area contributed by atoms with E-state index in [1.165, 1.54) is 35.1 Å². The summed E-state index contributed by atoms with van der Waals surface area (Å²) in [5.41, 5.74) is 5.48. The first kappa shape index (κ1) is 17.3. The summed E-state index contributed by atoms with van der Waals surface area (Å²) in [4.78, 5) is 24.5. The molecule has 0 saturated carbocycles. The van der Waals surface area contributed by atoms with Gasteiger partial charge in [0, 0.05) is 17.9 Å². The highest BCUT2D eigenvalue weighted by Crippen LogP contribution is 2.34. The standard InChI is InChI=1S/C17H14N4O2S/c1-11(22)16(21-6-2-4-12(10-21)17(20)23)15(13(8-18)9-19)14-5-3-7-24-14/h2-7,10,15-16H,1H3,(H2,20,23). The molecule has 2 heterocycles. The van der Waals surface area contributed by atoms with Gasteiger partial charge in [-0.1, -0.05) is 6.07 Å². The van der Waals surface area contributed by atoms with Gasteiger partial charge in [-0.2, -0.15) is 9.83 Å². The number of amides is 1. The van der Waals surface area contributed by atoms with E-state index in [4.69, 9.17) is 5.73 Å². The number of thiophene rings is 1. The lowest BCUT2D eigenvalue weighted by Gasteiger charge is -2.19. The molecule has 0 saturated heterocycles. The number of nitrogens with zero attached hydrogens (tertiary/aromatic N) is 3. The lowest BCUT2D eigenvalue weighted by atomic mass is 9.88. The number of hydrogen-bond acceptors (Lipinski definition) is 4. The van der Waals surface area contributed by atoms with E-state index in [2.05, 4.69) is 0 Å². The van der Waals surface area contributed by atoms with Crippen LogP contribution in [-0.4, -0.2) is 17.6 Å². The largest absolute Gasteiger partial charge is 0.762 e. The average molecular weight is 338 g/mol. The van der Waals surface area contributed by atoms with Crippen LogP contribution in [0.25, 0.3) is 5.41 Å². The molecule has 2 N–H and O–H groups in total. The Labute approximate surface area is 143 Å². The second kappa shape index (κ2) is 7.47. The van der Waals surface area contributed by atoms with E-state index in [1.807, 2.05) is 17.3 Å². The lowest BCUT2D eigenvalue weighted by Crippen LogP contribution is -2.47. The average Bonchev–Trinajstić information content (AvgIpc) is 3.08. The predicted molar refractivity (Wildman–Crippen MR) is 89.4 cm³/mol. The molecule has 0 aromatic carbocycles. The van der Waals surface area contributed by atoms with Gasteiger partial charge in [-0.25, -0.2) is 0 Å². The molecular formula is C17H14N4O2S. The van der Waals surface area contributed by atoms with Gasteiger partial charge in [0.15, 0.2) is 18.2 Å². The summed E-state index contributed by atoms with van der Waals surface area (Å²) in [6.07, 6.45) is 3.08. The Hall–Kier alpha value is -3.07. The molecule has 24 heavy (non-hydrogen) atoms. The zero-order valence-electron chi connectivity index (χ0n) is 12.8. The molecule has 2 rings (SSSR count). The number of aromatic nitrogens is 1. The van der Waals surface area contributed by atoms with Gasteiger partial charge in [-0.3, -0.25) is 15.5 Å². The molecule has 0 aliphatic rings. The van der Waals surface area contributed by atoms with Gasteiger partial charge in [-0.05, 0) is 17.5 Å². The first-order valence-electron chi connectivity index (χ1n) is 7.01. The third kappa shape index (κ3) is 3.46. The van der Waals surface area contributed by atoms with Crippen LogP contribution in [0.5, 0.6) is 0 Å². The first-order chi connectivity index (χ1) is 11.5. The van der Waals surface area contributed by atoms with E-state index in [1.54, 1.807) is 24.4 Å². The Balaban J connectivity index is 2.65. The summed E-state index contributed by atoms with van der Waals surface area (Å²) in [6.45, 7) is 1.39. The van der Waals surface area contributed by atoms with E-state index in [0.29, 0.717) is 0 Å². The Kier molecular flexibility index (Phi) is 5.38. The number of carbonyl (C=O) groups is 2. The van der Waals surface area contributed by atoms with E-state index < -0.39 is 17.9 Å². The highest BCUT2D eigenvalue weighted by Gasteiger charge is 2.38. The third-order valence-corrected chi connectivity index (χ3v) is 4.52. The summed E-state index contributed by atoms with van der Waals surface area (Å²) in [5.74, 6) is 0.316. The van der Waals surface area contributed by atoms with Crippen molar-refractivity contribution in [3.05, 3.63) is 63.5 Å². The third-order valence-electron chi connectivity index (χ3n) is 3.56. The zero-order valence-corrected chi connectivity index (χ0v) is 13.7. The van der Waals surface area contributed by atoms with Crippen LogP contribution in [0.2, 0.25) is 0 Å². The number of allylic oxidation sites excluding steroid dienone is 1. The maximum atomic E-state index is 12.3. The van der Waals surface area contributed by atoms with Gasteiger partial charge in [0.05, 0.1) is 5.57 Å². The van der Waals surface area contributed by atoms with Crippen LogP contribution in [0, 0.1) is 11.3 Å². The minimum Gasteiger partial charge on any atom is -0.762 e. The number of Topliss-reactive ketones (excluding diaryl/α,β-unsaturated/α-hetero) is 1. The molecule has 0 fully saturated rings. The Morgan fingerprint density at radius 1 is 1.38 bits per heavy atom. The van der Waals surface area contributed by atoms with Crippen molar-refractivity contribution in [1.29, 1.82) is 5.26 Å². The fraction of sp³-hybridized carbons (Fsp3) is 0.176. The van der Waals surface area contributed by atoms with Gasteiger partial charge in [0.1, 0.15) is 17.6 Å². The number of pyridine rings is 1.